The van der Waals surface area contributed by atoms with Crippen LogP contribution in [0.2, 0.25) is 0 Å². The van der Waals surface area contributed by atoms with Gasteiger partial charge in [0.05, 0.1) is 11.2 Å². The first-order valence-corrected chi connectivity index (χ1v) is 6.59. The minimum atomic E-state index is -0.118. The lowest BCUT2D eigenvalue weighted by Gasteiger charge is -2.04. The normalized spacial score (nSPS) is 10.3. The van der Waals surface area contributed by atoms with E-state index in [0.29, 0.717) is 11.4 Å². The predicted octanol–water partition coefficient (Wildman–Crippen LogP) is 2.42. The summed E-state index contributed by atoms with van der Waals surface area (Å²) in [6, 6.07) is 7.50. The van der Waals surface area contributed by atoms with E-state index in [-0.39, 0.29) is 5.91 Å². The van der Waals surface area contributed by atoms with Crippen LogP contribution in [0.5, 0.6) is 0 Å². The topological polar surface area (TPSA) is 68.0 Å². The molecule has 0 aliphatic rings. The molecule has 18 heavy (non-hydrogen) atoms. The average molecular weight is 261 g/mol. The van der Waals surface area contributed by atoms with Gasteiger partial charge in [-0.25, -0.2) is 4.98 Å². The number of aromatic nitrogens is 1. The predicted molar refractivity (Wildman–Crippen MR) is 73.8 cm³/mol. The molecule has 1 aromatic carbocycles. The van der Waals surface area contributed by atoms with Gasteiger partial charge in [0.15, 0.2) is 0 Å². The van der Waals surface area contributed by atoms with Gasteiger partial charge in [0, 0.05) is 12.2 Å². The van der Waals surface area contributed by atoms with Crippen LogP contribution >= 0.6 is 11.3 Å². The number of nitrogens with two attached hydrogens (primary N) is 1. The van der Waals surface area contributed by atoms with Crippen molar-refractivity contribution < 1.29 is 4.79 Å². The Labute approximate surface area is 110 Å². The fourth-order valence-electron chi connectivity index (χ4n) is 1.50. The highest BCUT2D eigenvalue weighted by atomic mass is 32.1. The molecule has 2 rings (SSSR count). The van der Waals surface area contributed by atoms with Crippen LogP contribution in [0, 0.1) is 0 Å². The number of anilines is 1. The van der Waals surface area contributed by atoms with Gasteiger partial charge in [-0.1, -0.05) is 19.1 Å². The van der Waals surface area contributed by atoms with Crippen LogP contribution < -0.4 is 11.1 Å². The molecule has 0 spiro atoms. The number of carbonyl (C=O) groups is 1. The van der Waals surface area contributed by atoms with Gasteiger partial charge < -0.3 is 11.1 Å². The molecule has 0 aliphatic carbocycles. The summed E-state index contributed by atoms with van der Waals surface area (Å²) in [5.41, 5.74) is 7.32. The quantitative estimate of drug-likeness (QED) is 0.888. The maximum Gasteiger partial charge on any atom is 0.267 e. The molecule has 0 saturated heterocycles. The minimum absolute atomic E-state index is 0.118. The van der Waals surface area contributed by atoms with E-state index in [9.17, 15) is 4.79 Å². The van der Waals surface area contributed by atoms with Crippen molar-refractivity contribution in [3.05, 3.63) is 45.9 Å². The molecule has 2 aromatic rings. The van der Waals surface area contributed by atoms with Crippen LogP contribution in [0.4, 0.5) is 5.69 Å². The molecule has 5 heteroatoms. The van der Waals surface area contributed by atoms with E-state index >= 15 is 0 Å². The number of benzene rings is 1. The summed E-state index contributed by atoms with van der Waals surface area (Å²) in [6.45, 7) is 2.52. The summed E-state index contributed by atoms with van der Waals surface area (Å²) >= 11 is 1.42. The molecule has 0 atom stereocenters. The van der Waals surface area contributed by atoms with Crippen molar-refractivity contribution in [1.29, 1.82) is 0 Å². The van der Waals surface area contributed by atoms with Crippen molar-refractivity contribution in [3.8, 4) is 0 Å². The second-order valence-electron chi connectivity index (χ2n) is 3.83. The van der Waals surface area contributed by atoms with E-state index in [1.54, 1.807) is 6.20 Å². The van der Waals surface area contributed by atoms with Gasteiger partial charge in [0.1, 0.15) is 4.88 Å². The zero-order chi connectivity index (χ0) is 13.0. The van der Waals surface area contributed by atoms with Crippen molar-refractivity contribution in [3.63, 3.8) is 0 Å². The highest BCUT2D eigenvalue weighted by Crippen LogP contribution is 2.16. The minimum Gasteiger partial charge on any atom is -0.326 e. The second-order valence-corrected chi connectivity index (χ2v) is 4.94. The molecule has 0 saturated carbocycles. The fraction of sp³-hybridized carbons (Fsp3) is 0.231. The Morgan fingerprint density at radius 2 is 2.11 bits per heavy atom. The molecule has 1 amide bonds. The lowest BCUT2D eigenvalue weighted by Crippen LogP contribution is -2.10. The lowest BCUT2D eigenvalue weighted by atomic mass is 10.2. The van der Waals surface area contributed by atoms with Crippen molar-refractivity contribution in [2.45, 2.75) is 19.9 Å². The number of nitrogens with zero attached hydrogens (tertiary/aromatic N) is 1. The number of hydrogen-bond acceptors (Lipinski definition) is 4. The van der Waals surface area contributed by atoms with Crippen LogP contribution in [0.1, 0.15) is 27.2 Å². The monoisotopic (exact) mass is 261 g/mol. The van der Waals surface area contributed by atoms with E-state index in [2.05, 4.69) is 10.3 Å². The Morgan fingerprint density at radius 1 is 1.39 bits per heavy atom. The van der Waals surface area contributed by atoms with Crippen molar-refractivity contribution >= 4 is 22.9 Å². The zero-order valence-electron chi connectivity index (χ0n) is 10.1. The van der Waals surface area contributed by atoms with E-state index in [0.717, 1.165) is 22.7 Å². The summed E-state index contributed by atoms with van der Waals surface area (Å²) in [6.07, 6.45) is 2.47. The number of aryl methyl sites for hydroxylation is 1. The van der Waals surface area contributed by atoms with Gasteiger partial charge in [-0.2, -0.15) is 0 Å². The van der Waals surface area contributed by atoms with E-state index < -0.39 is 0 Å². The van der Waals surface area contributed by atoms with Gasteiger partial charge in [0.25, 0.3) is 5.91 Å². The Morgan fingerprint density at radius 3 is 2.67 bits per heavy atom. The van der Waals surface area contributed by atoms with Gasteiger partial charge >= 0.3 is 0 Å². The van der Waals surface area contributed by atoms with Crippen LogP contribution in [0.3, 0.4) is 0 Å². The van der Waals surface area contributed by atoms with Crippen LogP contribution in [-0.2, 0) is 13.0 Å². The standard InChI is InChI=1S/C13H15N3OS/c1-2-12-15-8-11(18-12)13(17)16-10-5-3-9(7-14)4-6-10/h3-6,8H,2,7,14H2,1H3,(H,16,17). The summed E-state index contributed by atoms with van der Waals surface area (Å²) < 4.78 is 0. The summed E-state index contributed by atoms with van der Waals surface area (Å²) in [5, 5.41) is 3.81. The van der Waals surface area contributed by atoms with Gasteiger partial charge in [-0.3, -0.25) is 4.79 Å². The largest absolute Gasteiger partial charge is 0.326 e. The highest BCUT2D eigenvalue weighted by Gasteiger charge is 2.09. The highest BCUT2D eigenvalue weighted by molar-refractivity contribution is 7.13. The molecule has 4 nitrogen and oxygen atoms in total. The van der Waals surface area contributed by atoms with Crippen LogP contribution in [0.25, 0.3) is 0 Å². The fourth-order valence-corrected chi connectivity index (χ4v) is 2.25. The third kappa shape index (κ3) is 2.94. The summed E-state index contributed by atoms with van der Waals surface area (Å²) in [5.74, 6) is -0.118. The van der Waals surface area contributed by atoms with E-state index in [1.807, 2.05) is 31.2 Å². The maximum absolute atomic E-state index is 11.9. The number of thiazole rings is 1. The molecule has 3 N–H and O–H groups in total. The van der Waals surface area contributed by atoms with E-state index in [1.165, 1.54) is 11.3 Å². The van der Waals surface area contributed by atoms with Crippen LogP contribution in [0.15, 0.2) is 30.5 Å². The first-order chi connectivity index (χ1) is 8.72. The molecular weight excluding hydrogens is 246 g/mol. The molecule has 94 valence electrons. The third-order valence-electron chi connectivity index (χ3n) is 2.53. The maximum atomic E-state index is 11.9. The lowest BCUT2D eigenvalue weighted by molar-refractivity contribution is 0.103. The Kier molecular flexibility index (Phi) is 4.07. The van der Waals surface area contributed by atoms with Gasteiger partial charge in [-0.15, -0.1) is 11.3 Å². The summed E-state index contributed by atoms with van der Waals surface area (Å²) in [4.78, 5) is 16.7. The molecule has 0 fully saturated rings. The number of rotatable bonds is 4. The number of carbonyl (C=O) groups excluding carboxylic acids is 1. The first-order valence-electron chi connectivity index (χ1n) is 5.78. The zero-order valence-corrected chi connectivity index (χ0v) is 11.0. The smallest absolute Gasteiger partial charge is 0.267 e. The Bertz CT molecular complexity index is 533. The SMILES string of the molecule is CCc1ncc(C(=O)Nc2ccc(CN)cc2)s1. The van der Waals surface area contributed by atoms with Crippen molar-refractivity contribution in [2.24, 2.45) is 5.73 Å². The molecule has 0 unspecified atom stereocenters. The molecule has 0 radical (unpaired) electrons. The molecule has 0 bridgehead atoms. The molecule has 1 aromatic heterocycles. The molecule has 1 heterocycles. The summed E-state index contributed by atoms with van der Waals surface area (Å²) in [7, 11) is 0. The number of nitrogens with one attached hydrogen (secondary N) is 1. The van der Waals surface area contributed by atoms with E-state index in [4.69, 9.17) is 5.73 Å². The molecule has 0 aliphatic heterocycles. The Balaban J connectivity index is 2.06. The average Bonchev–Trinajstić information content (AvgIpc) is 2.88. The van der Waals surface area contributed by atoms with Crippen molar-refractivity contribution in [1.82, 2.24) is 4.98 Å². The van der Waals surface area contributed by atoms with Crippen LogP contribution in [-0.4, -0.2) is 10.9 Å². The van der Waals surface area contributed by atoms with Crippen molar-refractivity contribution in [2.75, 3.05) is 5.32 Å². The number of amides is 1. The molecular formula is C13H15N3OS. The number of hydrogen-bond donors (Lipinski definition) is 2. The van der Waals surface area contributed by atoms with Gasteiger partial charge in [0.2, 0.25) is 0 Å². The second kappa shape index (κ2) is 5.75. The van der Waals surface area contributed by atoms with Gasteiger partial charge in [-0.05, 0) is 24.1 Å². The third-order valence-corrected chi connectivity index (χ3v) is 3.67. The first kappa shape index (κ1) is 12.7. The Hall–Kier alpha value is -1.72.